The molecule has 27 heavy (non-hydrogen) atoms. The van der Waals surface area contributed by atoms with Crippen LogP contribution in [0.25, 0.3) is 10.8 Å². The van der Waals surface area contributed by atoms with Crippen LogP contribution in [0.1, 0.15) is 20.7 Å². The fourth-order valence-electron chi connectivity index (χ4n) is 2.94. The van der Waals surface area contributed by atoms with E-state index < -0.39 is 23.9 Å². The van der Waals surface area contributed by atoms with Crippen molar-refractivity contribution in [2.75, 3.05) is 32.5 Å². The van der Waals surface area contributed by atoms with Crippen molar-refractivity contribution in [2.45, 2.75) is 6.18 Å². The van der Waals surface area contributed by atoms with Crippen molar-refractivity contribution < 1.29 is 27.6 Å². The summed E-state index contributed by atoms with van der Waals surface area (Å²) in [5.41, 5.74) is 0.223. The van der Waals surface area contributed by atoms with Gasteiger partial charge in [-0.05, 0) is 37.7 Å². The molecule has 0 unspecified atom stereocenters. The summed E-state index contributed by atoms with van der Waals surface area (Å²) in [5, 5.41) is 2.53. The van der Waals surface area contributed by atoms with Gasteiger partial charge in [-0.2, -0.15) is 13.2 Å². The molecule has 9 heteroatoms. The molecule has 2 aromatic rings. The smallest absolute Gasteiger partial charge is 0.318 e. The highest BCUT2D eigenvalue weighted by Gasteiger charge is 2.39. The number of likely N-dealkylation sites (N-methyl/N-ethyl adjacent to an activating group) is 1. The Morgan fingerprint density at radius 3 is 2.41 bits per heavy atom. The molecule has 1 heterocycles. The number of nitrogens with zero attached hydrogens (tertiary/aromatic N) is 2. The van der Waals surface area contributed by atoms with E-state index in [0.717, 1.165) is 4.90 Å². The zero-order valence-electron chi connectivity index (χ0n) is 14.6. The molecule has 0 aromatic heterocycles. The van der Waals surface area contributed by atoms with Crippen LogP contribution in [-0.4, -0.2) is 60.9 Å². The van der Waals surface area contributed by atoms with Crippen molar-refractivity contribution in [1.29, 1.82) is 0 Å². The zero-order valence-corrected chi connectivity index (χ0v) is 14.6. The van der Waals surface area contributed by atoms with Gasteiger partial charge in [-0.25, -0.2) is 0 Å². The van der Waals surface area contributed by atoms with Crippen molar-refractivity contribution in [2.24, 2.45) is 0 Å². The van der Waals surface area contributed by atoms with E-state index in [1.165, 1.54) is 12.1 Å². The van der Waals surface area contributed by atoms with Crippen molar-refractivity contribution >= 4 is 34.2 Å². The Morgan fingerprint density at radius 2 is 1.78 bits per heavy atom. The van der Waals surface area contributed by atoms with Gasteiger partial charge in [-0.15, -0.1) is 0 Å². The van der Waals surface area contributed by atoms with Gasteiger partial charge < -0.3 is 10.2 Å². The summed E-state index contributed by atoms with van der Waals surface area (Å²) in [6.07, 6.45) is -5.05. The minimum atomic E-state index is -5.05. The zero-order chi connectivity index (χ0) is 19.9. The predicted octanol–water partition coefficient (Wildman–Crippen LogP) is 2.50. The van der Waals surface area contributed by atoms with E-state index in [4.69, 9.17) is 0 Å². The second-order valence-corrected chi connectivity index (χ2v) is 6.44. The predicted molar refractivity (Wildman–Crippen MR) is 92.6 cm³/mol. The number of hydrogen-bond donors (Lipinski definition) is 1. The van der Waals surface area contributed by atoms with Crippen LogP contribution in [0.4, 0.5) is 18.9 Å². The molecular formula is C18H16F3N3O3. The average molecular weight is 379 g/mol. The molecule has 0 saturated heterocycles. The number of imide groups is 1. The molecule has 0 aliphatic carbocycles. The van der Waals surface area contributed by atoms with Gasteiger partial charge in [0.1, 0.15) is 0 Å². The Kier molecular flexibility index (Phi) is 4.64. The van der Waals surface area contributed by atoms with Gasteiger partial charge in [-0.1, -0.05) is 12.1 Å². The number of anilines is 1. The number of nitrogens with one attached hydrogen (secondary N) is 1. The number of halogens is 3. The van der Waals surface area contributed by atoms with Crippen LogP contribution < -0.4 is 5.32 Å². The summed E-state index contributed by atoms with van der Waals surface area (Å²) in [7, 11) is 3.58. The van der Waals surface area contributed by atoms with Gasteiger partial charge in [0.05, 0.1) is 5.56 Å². The second kappa shape index (κ2) is 6.66. The van der Waals surface area contributed by atoms with Gasteiger partial charge in [0, 0.05) is 29.7 Å². The molecule has 3 rings (SSSR count). The molecular weight excluding hydrogens is 363 g/mol. The topological polar surface area (TPSA) is 69.7 Å². The van der Waals surface area contributed by atoms with Crippen molar-refractivity contribution in [3.63, 3.8) is 0 Å². The molecule has 6 nitrogen and oxygen atoms in total. The van der Waals surface area contributed by atoms with Gasteiger partial charge in [0.2, 0.25) is 0 Å². The highest BCUT2D eigenvalue weighted by atomic mass is 19.4. The van der Waals surface area contributed by atoms with E-state index in [1.807, 2.05) is 0 Å². The fraction of sp³-hybridized carbons (Fsp3) is 0.278. The first-order chi connectivity index (χ1) is 12.6. The summed E-state index contributed by atoms with van der Waals surface area (Å²) in [6, 6.07) is 7.20. The van der Waals surface area contributed by atoms with Crippen LogP contribution in [0.3, 0.4) is 0 Å². The molecule has 0 atom stereocenters. The number of hydrogen-bond acceptors (Lipinski definition) is 4. The van der Waals surface area contributed by atoms with E-state index in [0.29, 0.717) is 22.9 Å². The molecule has 0 bridgehead atoms. The van der Waals surface area contributed by atoms with E-state index in [1.54, 1.807) is 42.5 Å². The third kappa shape index (κ3) is 3.50. The lowest BCUT2D eigenvalue weighted by atomic mass is 9.93. The van der Waals surface area contributed by atoms with E-state index >= 15 is 0 Å². The summed E-state index contributed by atoms with van der Waals surface area (Å²) in [4.78, 5) is 39.6. The highest BCUT2D eigenvalue weighted by molar-refractivity contribution is 6.26. The van der Waals surface area contributed by atoms with Crippen molar-refractivity contribution in [3.05, 3.63) is 41.5 Å². The van der Waals surface area contributed by atoms with Crippen LogP contribution in [0.15, 0.2) is 30.3 Å². The first kappa shape index (κ1) is 18.8. The standard InChI is InChI=1S/C18H16F3N3O3/c1-23(2)6-7-24-15(25)12-5-3-4-10-8-11(22-17(27)18(19,20)21)9-13(14(10)12)16(24)26/h3-5,8-9H,6-7H2,1-2H3,(H,22,27). The Hall–Kier alpha value is -2.94. The number of carbonyl (C=O) groups excluding carboxylic acids is 3. The SMILES string of the molecule is CN(C)CCN1C(=O)c2cccc3cc(NC(=O)C(F)(F)F)cc(c23)C1=O. The first-order valence-electron chi connectivity index (χ1n) is 8.05. The quantitative estimate of drug-likeness (QED) is 0.829. The number of amides is 3. The Bertz CT molecular complexity index is 954. The lowest BCUT2D eigenvalue weighted by Gasteiger charge is -2.28. The van der Waals surface area contributed by atoms with Crippen LogP contribution in [0.5, 0.6) is 0 Å². The second-order valence-electron chi connectivity index (χ2n) is 6.44. The van der Waals surface area contributed by atoms with Crippen LogP contribution in [0, 0.1) is 0 Å². The Morgan fingerprint density at radius 1 is 1.11 bits per heavy atom. The maximum absolute atomic E-state index is 12.8. The fourth-order valence-corrected chi connectivity index (χ4v) is 2.94. The van der Waals surface area contributed by atoms with Crippen LogP contribution in [-0.2, 0) is 4.79 Å². The number of carbonyl (C=O) groups is 3. The van der Waals surface area contributed by atoms with Gasteiger partial charge >= 0.3 is 12.1 Å². The average Bonchev–Trinajstić information content (AvgIpc) is 2.58. The summed E-state index contributed by atoms with van der Waals surface area (Å²) >= 11 is 0. The van der Waals surface area contributed by atoms with Gasteiger partial charge in [-0.3, -0.25) is 19.3 Å². The monoisotopic (exact) mass is 379 g/mol. The maximum atomic E-state index is 12.8. The molecule has 1 aliphatic heterocycles. The Balaban J connectivity index is 2.08. The maximum Gasteiger partial charge on any atom is 0.471 e. The van der Waals surface area contributed by atoms with Crippen LogP contribution >= 0.6 is 0 Å². The molecule has 0 fully saturated rings. The number of alkyl halides is 3. The number of rotatable bonds is 4. The summed E-state index contributed by atoms with van der Waals surface area (Å²) < 4.78 is 37.6. The summed E-state index contributed by atoms with van der Waals surface area (Å²) in [6.45, 7) is 0.576. The lowest BCUT2D eigenvalue weighted by Crippen LogP contribution is -2.43. The molecule has 142 valence electrons. The van der Waals surface area contributed by atoms with Crippen molar-refractivity contribution in [1.82, 2.24) is 9.80 Å². The molecule has 1 N–H and O–H groups in total. The third-order valence-electron chi connectivity index (χ3n) is 4.21. The largest absolute Gasteiger partial charge is 0.471 e. The minimum Gasteiger partial charge on any atom is -0.318 e. The Labute approximate surface area is 152 Å². The molecule has 0 spiro atoms. The third-order valence-corrected chi connectivity index (χ3v) is 4.21. The molecule has 0 radical (unpaired) electrons. The molecule has 3 amide bonds. The highest BCUT2D eigenvalue weighted by Crippen LogP contribution is 2.33. The number of benzene rings is 2. The summed E-state index contributed by atoms with van der Waals surface area (Å²) in [5.74, 6) is -3.19. The minimum absolute atomic E-state index is 0.0823. The van der Waals surface area contributed by atoms with E-state index in [2.05, 4.69) is 0 Å². The molecule has 1 aliphatic rings. The molecule has 2 aromatic carbocycles. The lowest BCUT2D eigenvalue weighted by molar-refractivity contribution is -0.167. The van der Waals surface area contributed by atoms with Gasteiger partial charge in [0.15, 0.2) is 0 Å². The van der Waals surface area contributed by atoms with Crippen molar-refractivity contribution in [3.8, 4) is 0 Å². The van der Waals surface area contributed by atoms with Gasteiger partial charge in [0.25, 0.3) is 11.8 Å². The first-order valence-corrected chi connectivity index (χ1v) is 8.05. The normalized spacial score (nSPS) is 14.2. The van der Waals surface area contributed by atoms with Crippen LogP contribution in [0.2, 0.25) is 0 Å². The van der Waals surface area contributed by atoms with E-state index in [9.17, 15) is 27.6 Å². The van der Waals surface area contributed by atoms with E-state index in [-0.39, 0.29) is 17.8 Å². The molecule has 0 saturated carbocycles.